The fraction of sp³-hybridized carbons (Fsp3) is 0.550. The quantitative estimate of drug-likeness (QED) is 0.129. The molecule has 10 heteroatoms. The van der Waals surface area contributed by atoms with E-state index in [1.54, 1.807) is 12.1 Å². The zero-order chi connectivity index (χ0) is 21.5. The van der Waals surface area contributed by atoms with Crippen LogP contribution in [0.15, 0.2) is 23.2 Å². The van der Waals surface area contributed by atoms with Gasteiger partial charge in [0.25, 0.3) is 0 Å². The number of rotatable bonds is 8. The Kier molecular flexibility index (Phi) is 7.70. The molecule has 3 rings (SSSR count). The zero-order valence-corrected chi connectivity index (χ0v) is 17.0. The Morgan fingerprint density at radius 2 is 2.07 bits per heavy atom. The fourth-order valence-corrected chi connectivity index (χ4v) is 4.22. The first-order valence-corrected chi connectivity index (χ1v) is 10.5. The van der Waals surface area contributed by atoms with Crippen LogP contribution >= 0.6 is 0 Å². The molecule has 2 aliphatic rings. The summed E-state index contributed by atoms with van der Waals surface area (Å²) < 4.78 is 5.51. The number of hydrogen-bond donors (Lipinski definition) is 5. The largest absolute Gasteiger partial charge is 0.547 e. The van der Waals surface area contributed by atoms with Crippen LogP contribution < -0.4 is 26.8 Å². The molecule has 0 radical (unpaired) electrons. The number of nitrogens with one attached hydrogen (secondary N) is 2. The van der Waals surface area contributed by atoms with E-state index in [2.05, 4.69) is 15.6 Å². The molecule has 1 aliphatic heterocycles. The van der Waals surface area contributed by atoms with E-state index in [0.717, 1.165) is 37.8 Å². The number of carbonyl (C=O) groups excluding carboxylic acids is 2. The van der Waals surface area contributed by atoms with Gasteiger partial charge < -0.3 is 31.8 Å². The molecule has 1 heterocycles. The van der Waals surface area contributed by atoms with Gasteiger partial charge in [0.1, 0.15) is 5.75 Å². The van der Waals surface area contributed by atoms with Crippen LogP contribution in [0, 0.1) is 5.92 Å². The van der Waals surface area contributed by atoms with Crippen molar-refractivity contribution in [2.75, 3.05) is 13.1 Å². The lowest BCUT2D eigenvalue weighted by Crippen LogP contribution is -2.53. The van der Waals surface area contributed by atoms with Crippen LogP contribution in [0.5, 0.6) is 5.75 Å². The number of para-hydroxylation sites is 1. The predicted molar refractivity (Wildman–Crippen MR) is 115 cm³/mol. The van der Waals surface area contributed by atoms with Crippen LogP contribution in [0.1, 0.15) is 48.0 Å². The highest BCUT2D eigenvalue weighted by molar-refractivity contribution is 6.47. The number of aliphatic imine (C=N–C) groups is 1. The van der Waals surface area contributed by atoms with Crippen molar-refractivity contribution in [3.8, 4) is 5.75 Å². The average molecular weight is 415 g/mol. The molecule has 162 valence electrons. The Bertz CT molecular complexity index is 778. The molecule has 0 aromatic heterocycles. The van der Waals surface area contributed by atoms with Crippen LogP contribution in [0.3, 0.4) is 0 Å². The number of fused-ring (bicyclic) bond motifs is 1. The number of guanidine groups is 1. The molecular formula is C20H30BN5O4. The molecule has 1 aromatic carbocycles. The van der Waals surface area contributed by atoms with Crippen molar-refractivity contribution in [2.24, 2.45) is 22.4 Å². The first-order chi connectivity index (χ1) is 14.5. The smallest absolute Gasteiger partial charge is 0.534 e. The molecule has 0 saturated heterocycles. The second-order valence-electron chi connectivity index (χ2n) is 8.02. The third kappa shape index (κ3) is 5.96. The molecule has 7 N–H and O–H groups in total. The van der Waals surface area contributed by atoms with Gasteiger partial charge in [0.05, 0.1) is 18.0 Å². The van der Waals surface area contributed by atoms with Crippen molar-refractivity contribution < 1.29 is 19.3 Å². The van der Waals surface area contributed by atoms with E-state index < -0.39 is 13.1 Å². The highest BCUT2D eigenvalue weighted by Crippen LogP contribution is 2.30. The average Bonchev–Trinajstić information content (AvgIpc) is 2.72. The first kappa shape index (κ1) is 22.1. The van der Waals surface area contributed by atoms with Crippen LogP contribution in [0.4, 0.5) is 0 Å². The molecule has 1 atom stereocenters. The topological polar surface area (TPSA) is 152 Å². The lowest BCUT2D eigenvalue weighted by molar-refractivity contribution is -0.122. The number of nitrogens with two attached hydrogens (primary N) is 2. The molecule has 9 nitrogen and oxygen atoms in total. The minimum absolute atomic E-state index is 0.0817. The van der Waals surface area contributed by atoms with Gasteiger partial charge in [0.2, 0.25) is 5.91 Å². The first-order valence-electron chi connectivity index (χ1n) is 10.5. The Balaban J connectivity index is 1.42. The van der Waals surface area contributed by atoms with Crippen molar-refractivity contribution in [3.63, 3.8) is 0 Å². The van der Waals surface area contributed by atoms with Crippen molar-refractivity contribution in [1.82, 2.24) is 10.6 Å². The zero-order valence-electron chi connectivity index (χ0n) is 17.0. The van der Waals surface area contributed by atoms with Gasteiger partial charge in [-0.05, 0) is 49.7 Å². The van der Waals surface area contributed by atoms with Crippen LogP contribution in [-0.4, -0.2) is 55.4 Å². The van der Waals surface area contributed by atoms with Crippen molar-refractivity contribution in [1.29, 1.82) is 0 Å². The van der Waals surface area contributed by atoms with Crippen molar-refractivity contribution in [2.45, 2.75) is 50.5 Å². The fourth-order valence-electron chi connectivity index (χ4n) is 4.22. The molecule has 1 amide bonds. The molecule has 1 fully saturated rings. The maximum atomic E-state index is 12.5. The predicted octanol–water partition coefficient (Wildman–Crippen LogP) is -0.250. The Hall–Kier alpha value is -2.59. The molecule has 0 unspecified atom stereocenters. The van der Waals surface area contributed by atoms with E-state index >= 15 is 0 Å². The van der Waals surface area contributed by atoms with E-state index in [-0.39, 0.29) is 11.9 Å². The lowest BCUT2D eigenvalue weighted by Gasteiger charge is -2.31. The van der Waals surface area contributed by atoms with E-state index in [0.29, 0.717) is 48.9 Å². The third-order valence-corrected chi connectivity index (χ3v) is 5.78. The maximum Gasteiger partial charge on any atom is 0.547 e. The van der Waals surface area contributed by atoms with E-state index in [1.165, 1.54) is 0 Å². The molecule has 1 saturated carbocycles. The highest BCUT2D eigenvalue weighted by Gasteiger charge is 2.37. The molecule has 1 aliphatic carbocycles. The Morgan fingerprint density at radius 1 is 1.30 bits per heavy atom. The number of amides is 1. The molecule has 30 heavy (non-hydrogen) atoms. The van der Waals surface area contributed by atoms with Crippen LogP contribution in [0.25, 0.3) is 0 Å². The summed E-state index contributed by atoms with van der Waals surface area (Å²) in [5.41, 5.74) is 11.8. The minimum Gasteiger partial charge on any atom is -0.534 e. The van der Waals surface area contributed by atoms with Gasteiger partial charge in [-0.25, -0.2) is 0 Å². The molecule has 0 bridgehead atoms. The normalized spacial score (nSPS) is 23.1. The molecule has 0 spiro atoms. The number of benzene rings is 1. The van der Waals surface area contributed by atoms with Crippen molar-refractivity contribution in [3.05, 3.63) is 29.3 Å². The molecular weight excluding hydrogens is 385 g/mol. The number of carbonyl (C=O) groups is 2. The van der Waals surface area contributed by atoms with Gasteiger partial charge in [-0.2, -0.15) is 0 Å². The highest BCUT2D eigenvalue weighted by atomic mass is 16.5. The van der Waals surface area contributed by atoms with Crippen molar-refractivity contribution >= 4 is 25.3 Å². The number of hydrogen-bond acceptors (Lipinski definition) is 6. The summed E-state index contributed by atoms with van der Waals surface area (Å²) in [7, 11) is -1.17. The summed E-state index contributed by atoms with van der Waals surface area (Å²) in [6.45, 7) is 1.30. The lowest BCUT2D eigenvalue weighted by atomic mass is 9.72. The van der Waals surface area contributed by atoms with Gasteiger partial charge in [-0.1, -0.05) is 12.1 Å². The van der Waals surface area contributed by atoms with E-state index in [4.69, 9.17) is 16.1 Å². The maximum absolute atomic E-state index is 12.5. The van der Waals surface area contributed by atoms with Gasteiger partial charge in [0.15, 0.2) is 12.2 Å². The minimum atomic E-state index is -1.17. The van der Waals surface area contributed by atoms with E-state index in [9.17, 15) is 14.6 Å². The summed E-state index contributed by atoms with van der Waals surface area (Å²) in [5, 5.41) is 16.6. The van der Waals surface area contributed by atoms with Crippen LogP contribution in [0.2, 0.25) is 0 Å². The third-order valence-electron chi connectivity index (χ3n) is 5.78. The number of nitrogens with zero attached hydrogens (tertiary/aromatic N) is 1. The second-order valence-corrected chi connectivity index (χ2v) is 8.02. The van der Waals surface area contributed by atoms with Crippen LogP contribution in [-0.2, 0) is 11.2 Å². The Morgan fingerprint density at radius 3 is 2.77 bits per heavy atom. The monoisotopic (exact) mass is 415 g/mol. The van der Waals surface area contributed by atoms with E-state index in [1.807, 2.05) is 6.07 Å². The molecule has 1 aromatic rings. The summed E-state index contributed by atoms with van der Waals surface area (Å²) in [6, 6.07) is 5.68. The van der Waals surface area contributed by atoms with Gasteiger partial charge in [-0.15, -0.1) is 0 Å². The summed E-state index contributed by atoms with van der Waals surface area (Å²) in [5.74, 6) is 0.224. The van der Waals surface area contributed by atoms with Gasteiger partial charge in [-0.3, -0.25) is 14.6 Å². The second kappa shape index (κ2) is 10.4. The summed E-state index contributed by atoms with van der Waals surface area (Å²) >= 11 is 0. The SMILES string of the molecule is NC(N)=NCCNC1CCC(CC(=O)N[C@H]2Cc3cccc(C=O)c3OB2O)CC1. The summed E-state index contributed by atoms with van der Waals surface area (Å²) in [4.78, 5) is 27.6. The number of aldehydes is 1. The Labute approximate surface area is 176 Å². The standard InChI is InChI=1S/C20H30BN5O4/c22-20(23)25-9-8-24-16-6-4-13(5-7-16)10-18(28)26-17-11-14-2-1-3-15(12-27)19(14)30-21(17)29/h1-3,12-13,16-17,24,29H,4-11H2,(H,26,28)(H4,22,23,25)/t13?,16?,17-/m0/s1. The summed E-state index contributed by atoms with van der Waals surface area (Å²) in [6.07, 6.45) is 5.54. The van der Waals surface area contributed by atoms with Gasteiger partial charge in [0, 0.05) is 19.0 Å². The van der Waals surface area contributed by atoms with Gasteiger partial charge >= 0.3 is 7.12 Å².